The second-order valence-electron chi connectivity index (χ2n) is 9.19. The van der Waals surface area contributed by atoms with Crippen LogP contribution in [0.3, 0.4) is 0 Å². The van der Waals surface area contributed by atoms with E-state index in [4.69, 9.17) is 0 Å². The maximum Gasteiger partial charge on any atom is 0.416 e. The summed E-state index contributed by atoms with van der Waals surface area (Å²) in [6, 6.07) is 5.79. The zero-order valence-corrected chi connectivity index (χ0v) is 18.3. The lowest BCUT2D eigenvalue weighted by Gasteiger charge is -2.33. The van der Waals surface area contributed by atoms with Crippen LogP contribution < -0.4 is 5.32 Å². The SMILES string of the molecule is Cc1[nH]c(-c2ccc(C(F)(F)F)cc2)nc1CN1CCC(NCC2CCCCC2)CC1. The fraction of sp³-hybridized carbons (Fsp3) is 0.625. The lowest BCUT2D eigenvalue weighted by atomic mass is 9.89. The second-order valence-corrected chi connectivity index (χ2v) is 9.19. The van der Waals surface area contributed by atoms with Gasteiger partial charge < -0.3 is 10.3 Å². The van der Waals surface area contributed by atoms with Crippen LogP contribution in [-0.2, 0) is 12.7 Å². The fourth-order valence-electron chi connectivity index (χ4n) is 4.84. The van der Waals surface area contributed by atoms with Gasteiger partial charge in [0, 0.05) is 36.9 Å². The third-order valence-electron chi connectivity index (χ3n) is 6.85. The van der Waals surface area contributed by atoms with Crippen molar-refractivity contribution in [2.45, 2.75) is 70.6 Å². The largest absolute Gasteiger partial charge is 0.416 e. The van der Waals surface area contributed by atoms with Crippen molar-refractivity contribution in [2.75, 3.05) is 19.6 Å². The van der Waals surface area contributed by atoms with Crippen LogP contribution in [0.1, 0.15) is 61.9 Å². The molecule has 170 valence electrons. The van der Waals surface area contributed by atoms with Crippen molar-refractivity contribution in [2.24, 2.45) is 5.92 Å². The zero-order valence-electron chi connectivity index (χ0n) is 18.3. The van der Waals surface area contributed by atoms with E-state index in [0.29, 0.717) is 17.4 Å². The van der Waals surface area contributed by atoms with Crippen LogP contribution in [0.5, 0.6) is 0 Å². The summed E-state index contributed by atoms with van der Waals surface area (Å²) in [7, 11) is 0. The summed E-state index contributed by atoms with van der Waals surface area (Å²) >= 11 is 0. The van der Waals surface area contributed by atoms with Crippen LogP contribution in [0.2, 0.25) is 0 Å². The van der Waals surface area contributed by atoms with Crippen molar-refractivity contribution < 1.29 is 13.2 Å². The molecule has 1 saturated heterocycles. The highest BCUT2D eigenvalue weighted by Gasteiger charge is 2.30. The number of halogens is 3. The number of piperidine rings is 1. The molecule has 31 heavy (non-hydrogen) atoms. The molecule has 1 saturated carbocycles. The lowest BCUT2D eigenvalue weighted by molar-refractivity contribution is -0.137. The first-order chi connectivity index (χ1) is 14.9. The molecule has 2 N–H and O–H groups in total. The Labute approximate surface area is 182 Å². The van der Waals surface area contributed by atoms with Gasteiger partial charge in [-0.1, -0.05) is 31.4 Å². The summed E-state index contributed by atoms with van der Waals surface area (Å²) in [5.41, 5.74) is 1.99. The molecule has 2 fully saturated rings. The van der Waals surface area contributed by atoms with Gasteiger partial charge in [-0.3, -0.25) is 4.90 Å². The number of aromatic amines is 1. The third-order valence-corrected chi connectivity index (χ3v) is 6.85. The van der Waals surface area contributed by atoms with Gasteiger partial charge in [0.05, 0.1) is 11.3 Å². The van der Waals surface area contributed by atoms with Crippen molar-refractivity contribution in [1.29, 1.82) is 0 Å². The van der Waals surface area contributed by atoms with E-state index in [9.17, 15) is 13.2 Å². The van der Waals surface area contributed by atoms with Crippen molar-refractivity contribution in [1.82, 2.24) is 20.2 Å². The molecule has 2 aliphatic rings. The van der Waals surface area contributed by atoms with E-state index in [1.165, 1.54) is 50.8 Å². The summed E-state index contributed by atoms with van der Waals surface area (Å²) in [6.45, 7) is 6.01. The van der Waals surface area contributed by atoms with E-state index in [1.807, 2.05) is 6.92 Å². The molecule has 4 nitrogen and oxygen atoms in total. The molecular formula is C24H33F3N4. The third kappa shape index (κ3) is 5.89. The Kier molecular flexibility index (Phi) is 7.02. The number of nitrogens with zero attached hydrogens (tertiary/aromatic N) is 2. The van der Waals surface area contributed by atoms with E-state index in [1.54, 1.807) is 0 Å². The summed E-state index contributed by atoms with van der Waals surface area (Å²) in [6.07, 6.45) is 4.94. The number of alkyl halides is 3. The molecule has 1 aromatic carbocycles. The van der Waals surface area contributed by atoms with Gasteiger partial charge in [-0.05, 0) is 57.2 Å². The maximum atomic E-state index is 12.8. The van der Waals surface area contributed by atoms with Crippen LogP contribution in [0.15, 0.2) is 24.3 Å². The average molecular weight is 435 g/mol. The Hall–Kier alpha value is -1.86. The highest BCUT2D eigenvalue weighted by atomic mass is 19.4. The van der Waals surface area contributed by atoms with Gasteiger partial charge in [0.15, 0.2) is 0 Å². The number of hydrogen-bond acceptors (Lipinski definition) is 3. The van der Waals surface area contributed by atoms with Crippen molar-refractivity contribution in [3.05, 3.63) is 41.2 Å². The van der Waals surface area contributed by atoms with Crippen LogP contribution >= 0.6 is 0 Å². The van der Waals surface area contributed by atoms with Crippen LogP contribution in [0.25, 0.3) is 11.4 Å². The summed E-state index contributed by atoms with van der Waals surface area (Å²) in [4.78, 5) is 10.4. The first kappa shape index (κ1) is 22.3. The summed E-state index contributed by atoms with van der Waals surface area (Å²) in [5.74, 6) is 1.49. The van der Waals surface area contributed by atoms with Crippen LogP contribution in [-0.4, -0.2) is 40.5 Å². The molecule has 0 spiro atoms. The van der Waals surface area contributed by atoms with Crippen LogP contribution in [0.4, 0.5) is 13.2 Å². The number of hydrogen-bond donors (Lipinski definition) is 2. The number of aryl methyl sites for hydroxylation is 1. The predicted molar refractivity (Wildman–Crippen MR) is 117 cm³/mol. The van der Waals surface area contributed by atoms with E-state index in [-0.39, 0.29) is 0 Å². The Balaban J connectivity index is 1.28. The monoisotopic (exact) mass is 434 g/mol. The quantitative estimate of drug-likeness (QED) is 0.628. The average Bonchev–Trinajstić information content (AvgIpc) is 3.14. The number of H-pyrrole nitrogens is 1. The van der Waals surface area contributed by atoms with Crippen molar-refractivity contribution in [3.8, 4) is 11.4 Å². The Morgan fingerprint density at radius 3 is 2.35 bits per heavy atom. The Bertz CT molecular complexity index is 829. The highest BCUT2D eigenvalue weighted by Crippen LogP contribution is 2.31. The molecular weight excluding hydrogens is 401 g/mol. The molecule has 0 amide bonds. The molecule has 0 bridgehead atoms. The minimum Gasteiger partial charge on any atom is -0.342 e. The lowest BCUT2D eigenvalue weighted by Crippen LogP contribution is -2.43. The van der Waals surface area contributed by atoms with Gasteiger partial charge in [-0.15, -0.1) is 0 Å². The van der Waals surface area contributed by atoms with Gasteiger partial charge in [0.1, 0.15) is 5.82 Å². The molecule has 0 radical (unpaired) electrons. The molecule has 0 unspecified atom stereocenters. The topological polar surface area (TPSA) is 44.0 Å². The summed E-state index contributed by atoms with van der Waals surface area (Å²) in [5, 5.41) is 3.80. The minimum atomic E-state index is -4.32. The van der Waals surface area contributed by atoms with Crippen molar-refractivity contribution in [3.63, 3.8) is 0 Å². The van der Waals surface area contributed by atoms with Gasteiger partial charge in [0.2, 0.25) is 0 Å². The normalized spacial score (nSPS) is 19.7. The number of rotatable bonds is 6. The van der Waals surface area contributed by atoms with E-state index < -0.39 is 11.7 Å². The maximum absolute atomic E-state index is 12.8. The molecule has 2 heterocycles. The first-order valence-electron chi connectivity index (χ1n) is 11.6. The standard InChI is InChI=1S/C24H33F3N4/c1-17-22(30-23(29-17)19-7-9-20(10-8-19)24(25,26)27)16-31-13-11-21(12-14-31)28-15-18-5-3-2-4-6-18/h7-10,18,21,28H,2-6,11-16H2,1H3,(H,29,30). The molecule has 1 aromatic heterocycles. The van der Waals surface area contributed by atoms with Gasteiger partial charge in [0.25, 0.3) is 0 Å². The van der Waals surface area contributed by atoms with Gasteiger partial charge >= 0.3 is 6.18 Å². The van der Waals surface area contributed by atoms with E-state index >= 15 is 0 Å². The van der Waals surface area contributed by atoms with Gasteiger partial charge in [-0.25, -0.2) is 4.98 Å². The van der Waals surface area contributed by atoms with Gasteiger partial charge in [-0.2, -0.15) is 13.2 Å². The Morgan fingerprint density at radius 1 is 1.03 bits per heavy atom. The zero-order chi connectivity index (χ0) is 21.8. The second kappa shape index (κ2) is 9.74. The number of likely N-dealkylation sites (tertiary alicyclic amines) is 1. The van der Waals surface area contributed by atoms with E-state index in [0.717, 1.165) is 61.9 Å². The molecule has 0 atom stereocenters. The number of benzene rings is 1. The number of imidazole rings is 1. The summed E-state index contributed by atoms with van der Waals surface area (Å²) < 4.78 is 38.4. The smallest absolute Gasteiger partial charge is 0.342 e. The minimum absolute atomic E-state index is 0.612. The number of aromatic nitrogens is 2. The molecule has 1 aliphatic heterocycles. The Morgan fingerprint density at radius 2 is 1.71 bits per heavy atom. The molecule has 4 rings (SSSR count). The molecule has 1 aliphatic carbocycles. The van der Waals surface area contributed by atoms with E-state index in [2.05, 4.69) is 20.2 Å². The van der Waals surface area contributed by atoms with Crippen LogP contribution in [0, 0.1) is 12.8 Å². The predicted octanol–water partition coefficient (Wildman–Crippen LogP) is 5.54. The fourth-order valence-corrected chi connectivity index (χ4v) is 4.84. The number of nitrogens with one attached hydrogen (secondary N) is 2. The molecule has 7 heteroatoms. The first-order valence-corrected chi connectivity index (χ1v) is 11.6. The molecule has 2 aromatic rings. The van der Waals surface area contributed by atoms with Crippen molar-refractivity contribution >= 4 is 0 Å². The highest BCUT2D eigenvalue weighted by molar-refractivity contribution is 5.56.